The SMILES string of the molecule is COCC(=O)NC(c1ccccc1)c1ccc2nc(C(F)(F)F)[nH]c2c1. The van der Waals surface area contributed by atoms with Crippen molar-refractivity contribution in [3.05, 3.63) is 65.5 Å². The van der Waals surface area contributed by atoms with Gasteiger partial charge in [-0.3, -0.25) is 4.79 Å². The van der Waals surface area contributed by atoms with E-state index >= 15 is 0 Å². The molecule has 5 nitrogen and oxygen atoms in total. The highest BCUT2D eigenvalue weighted by atomic mass is 19.4. The molecule has 3 aromatic rings. The number of H-pyrrole nitrogens is 1. The molecule has 1 atom stereocenters. The number of aromatic nitrogens is 2. The minimum Gasteiger partial charge on any atom is -0.375 e. The summed E-state index contributed by atoms with van der Waals surface area (Å²) in [4.78, 5) is 17.8. The van der Waals surface area contributed by atoms with Gasteiger partial charge in [0.2, 0.25) is 11.7 Å². The quantitative estimate of drug-likeness (QED) is 0.730. The third-order valence-corrected chi connectivity index (χ3v) is 3.82. The highest BCUT2D eigenvalue weighted by molar-refractivity contribution is 5.79. The molecule has 0 radical (unpaired) electrons. The molecule has 0 aliphatic heterocycles. The van der Waals surface area contributed by atoms with Crippen LogP contribution in [-0.2, 0) is 15.7 Å². The Labute approximate surface area is 147 Å². The number of fused-ring (bicyclic) bond motifs is 1. The van der Waals surface area contributed by atoms with Crippen molar-refractivity contribution in [3.8, 4) is 0 Å². The number of rotatable bonds is 5. The second-order valence-electron chi connectivity index (χ2n) is 5.70. The van der Waals surface area contributed by atoms with Crippen LogP contribution in [0.2, 0.25) is 0 Å². The summed E-state index contributed by atoms with van der Waals surface area (Å²) in [5.74, 6) is -1.38. The number of ether oxygens (including phenoxy) is 1. The van der Waals surface area contributed by atoms with Crippen LogP contribution in [0.3, 0.4) is 0 Å². The highest BCUT2D eigenvalue weighted by Gasteiger charge is 2.34. The number of carbonyl (C=O) groups is 1. The molecule has 0 aliphatic rings. The first-order valence-electron chi connectivity index (χ1n) is 7.78. The van der Waals surface area contributed by atoms with Crippen LogP contribution in [0.15, 0.2) is 48.5 Å². The zero-order chi connectivity index (χ0) is 18.7. The zero-order valence-electron chi connectivity index (χ0n) is 13.8. The van der Waals surface area contributed by atoms with Gasteiger partial charge in [-0.15, -0.1) is 0 Å². The van der Waals surface area contributed by atoms with Crippen molar-refractivity contribution in [1.82, 2.24) is 15.3 Å². The Morgan fingerprint density at radius 1 is 1.19 bits per heavy atom. The molecule has 1 heterocycles. The molecule has 26 heavy (non-hydrogen) atoms. The standard InChI is InChI=1S/C18H16F3N3O2/c1-26-10-15(25)24-16(11-5-3-2-4-6-11)12-7-8-13-14(9-12)23-17(22-13)18(19,20)21/h2-9,16H,10H2,1H3,(H,22,23)(H,24,25). The Bertz CT molecular complexity index is 907. The summed E-state index contributed by atoms with van der Waals surface area (Å²) in [7, 11) is 1.41. The number of benzene rings is 2. The number of alkyl halides is 3. The van der Waals surface area contributed by atoms with E-state index in [1.165, 1.54) is 13.2 Å². The molecule has 0 spiro atoms. The van der Waals surface area contributed by atoms with Gasteiger partial charge < -0.3 is 15.0 Å². The third kappa shape index (κ3) is 3.85. The van der Waals surface area contributed by atoms with Crippen LogP contribution < -0.4 is 5.32 Å². The number of nitrogens with zero attached hydrogens (tertiary/aromatic N) is 1. The molecule has 2 N–H and O–H groups in total. The van der Waals surface area contributed by atoms with Crippen molar-refractivity contribution in [2.75, 3.05) is 13.7 Å². The van der Waals surface area contributed by atoms with Gasteiger partial charge in [-0.05, 0) is 23.3 Å². The average Bonchev–Trinajstić information content (AvgIpc) is 3.04. The number of aromatic amines is 1. The average molecular weight is 363 g/mol. The molecule has 0 fully saturated rings. The van der Waals surface area contributed by atoms with Gasteiger partial charge in [-0.2, -0.15) is 13.2 Å². The van der Waals surface area contributed by atoms with Gasteiger partial charge in [0.1, 0.15) is 6.61 Å². The van der Waals surface area contributed by atoms with Crippen molar-refractivity contribution in [3.63, 3.8) is 0 Å². The highest BCUT2D eigenvalue weighted by Crippen LogP contribution is 2.30. The zero-order valence-corrected chi connectivity index (χ0v) is 13.8. The summed E-state index contributed by atoms with van der Waals surface area (Å²) in [6.07, 6.45) is -4.55. The Kier molecular flexibility index (Phi) is 4.94. The van der Waals surface area contributed by atoms with Crippen molar-refractivity contribution < 1.29 is 22.7 Å². The molecule has 0 saturated carbocycles. The van der Waals surface area contributed by atoms with Gasteiger partial charge in [-0.25, -0.2) is 4.98 Å². The molecule has 1 unspecified atom stereocenters. The van der Waals surface area contributed by atoms with E-state index in [-0.39, 0.29) is 23.5 Å². The number of methoxy groups -OCH3 is 1. The largest absolute Gasteiger partial charge is 0.449 e. The number of nitrogens with one attached hydrogen (secondary N) is 2. The first kappa shape index (κ1) is 17.9. The monoisotopic (exact) mass is 363 g/mol. The minimum absolute atomic E-state index is 0.117. The number of hydrogen-bond donors (Lipinski definition) is 2. The van der Waals surface area contributed by atoms with Gasteiger partial charge in [0, 0.05) is 7.11 Å². The van der Waals surface area contributed by atoms with E-state index < -0.39 is 18.0 Å². The molecule has 136 valence electrons. The molecule has 2 aromatic carbocycles. The molecule has 0 saturated heterocycles. The van der Waals surface area contributed by atoms with Crippen LogP contribution in [0.25, 0.3) is 11.0 Å². The fourth-order valence-corrected chi connectivity index (χ4v) is 2.68. The minimum atomic E-state index is -4.55. The van der Waals surface area contributed by atoms with E-state index in [0.29, 0.717) is 5.56 Å². The fraction of sp³-hybridized carbons (Fsp3) is 0.222. The van der Waals surface area contributed by atoms with E-state index in [4.69, 9.17) is 4.74 Å². The molecule has 1 aromatic heterocycles. The summed E-state index contributed by atoms with van der Waals surface area (Å²) in [5, 5.41) is 2.83. The van der Waals surface area contributed by atoms with E-state index in [1.54, 1.807) is 12.1 Å². The normalized spacial score (nSPS) is 12.9. The van der Waals surface area contributed by atoms with Crippen LogP contribution in [0.1, 0.15) is 23.0 Å². The van der Waals surface area contributed by atoms with Crippen LogP contribution in [-0.4, -0.2) is 29.6 Å². The molecule has 3 rings (SSSR count). The number of halogens is 3. The van der Waals surface area contributed by atoms with E-state index in [2.05, 4.69) is 15.3 Å². The number of carbonyl (C=O) groups excluding carboxylic acids is 1. The fourth-order valence-electron chi connectivity index (χ4n) is 2.68. The first-order chi connectivity index (χ1) is 12.4. The number of hydrogen-bond acceptors (Lipinski definition) is 3. The maximum absolute atomic E-state index is 12.8. The Morgan fingerprint density at radius 3 is 2.58 bits per heavy atom. The maximum atomic E-state index is 12.8. The lowest BCUT2D eigenvalue weighted by atomic mass is 9.98. The maximum Gasteiger partial charge on any atom is 0.449 e. The van der Waals surface area contributed by atoms with Crippen molar-refractivity contribution in [2.45, 2.75) is 12.2 Å². The van der Waals surface area contributed by atoms with Gasteiger partial charge in [0.25, 0.3) is 0 Å². The van der Waals surface area contributed by atoms with Crippen LogP contribution in [0.5, 0.6) is 0 Å². The van der Waals surface area contributed by atoms with Gasteiger partial charge in [0.05, 0.1) is 17.1 Å². The molecule has 1 amide bonds. The predicted octanol–water partition coefficient (Wildman–Crippen LogP) is 3.43. The van der Waals surface area contributed by atoms with Gasteiger partial charge in [-0.1, -0.05) is 36.4 Å². The second-order valence-corrected chi connectivity index (χ2v) is 5.70. The summed E-state index contributed by atoms with van der Waals surface area (Å²) in [5.41, 5.74) is 1.88. The molecule has 0 bridgehead atoms. The molecular formula is C18H16F3N3O2. The van der Waals surface area contributed by atoms with Crippen molar-refractivity contribution >= 4 is 16.9 Å². The Morgan fingerprint density at radius 2 is 1.92 bits per heavy atom. The molecular weight excluding hydrogens is 347 g/mol. The van der Waals surface area contributed by atoms with E-state index in [9.17, 15) is 18.0 Å². The number of amides is 1. The van der Waals surface area contributed by atoms with Gasteiger partial charge >= 0.3 is 6.18 Å². The Hall–Kier alpha value is -2.87. The van der Waals surface area contributed by atoms with Crippen LogP contribution in [0, 0.1) is 0 Å². The van der Waals surface area contributed by atoms with Crippen molar-refractivity contribution in [1.29, 1.82) is 0 Å². The third-order valence-electron chi connectivity index (χ3n) is 3.82. The summed E-state index contributed by atoms with van der Waals surface area (Å²) < 4.78 is 43.4. The summed E-state index contributed by atoms with van der Waals surface area (Å²) in [6, 6.07) is 13.3. The number of imidazole rings is 1. The summed E-state index contributed by atoms with van der Waals surface area (Å²) >= 11 is 0. The smallest absolute Gasteiger partial charge is 0.375 e. The van der Waals surface area contributed by atoms with Crippen LogP contribution in [0.4, 0.5) is 13.2 Å². The van der Waals surface area contributed by atoms with E-state index in [0.717, 1.165) is 5.56 Å². The lowest BCUT2D eigenvalue weighted by molar-refractivity contribution is -0.144. The van der Waals surface area contributed by atoms with Crippen LogP contribution >= 0.6 is 0 Å². The lowest BCUT2D eigenvalue weighted by Gasteiger charge is -2.19. The summed E-state index contributed by atoms with van der Waals surface area (Å²) in [6.45, 7) is -0.117. The van der Waals surface area contributed by atoms with Crippen molar-refractivity contribution in [2.24, 2.45) is 0 Å². The molecule has 8 heteroatoms. The van der Waals surface area contributed by atoms with Gasteiger partial charge in [0.15, 0.2) is 0 Å². The van der Waals surface area contributed by atoms with E-state index in [1.807, 2.05) is 30.3 Å². The molecule has 0 aliphatic carbocycles. The predicted molar refractivity (Wildman–Crippen MR) is 89.4 cm³/mol. The lowest BCUT2D eigenvalue weighted by Crippen LogP contribution is -2.32. The first-order valence-corrected chi connectivity index (χ1v) is 7.78. The second kappa shape index (κ2) is 7.17. The Balaban J connectivity index is 2.01. The topological polar surface area (TPSA) is 67.0 Å².